The van der Waals surface area contributed by atoms with Gasteiger partial charge in [0, 0.05) is 6.08 Å². The molecule has 0 aliphatic rings. The Labute approximate surface area is 133 Å². The molecule has 1 aromatic carbocycles. The lowest BCUT2D eigenvalue weighted by atomic mass is 10.0. The van der Waals surface area contributed by atoms with Gasteiger partial charge >= 0.3 is 0 Å². The summed E-state index contributed by atoms with van der Waals surface area (Å²) in [6.07, 6.45) is 3.09. The van der Waals surface area contributed by atoms with Crippen molar-refractivity contribution in [1.29, 1.82) is 0 Å². The highest BCUT2D eigenvalue weighted by Crippen LogP contribution is 2.15. The number of benzene rings is 1. The summed E-state index contributed by atoms with van der Waals surface area (Å²) in [5.41, 5.74) is 6.91. The zero-order valence-corrected chi connectivity index (χ0v) is 13.3. The van der Waals surface area contributed by atoms with Gasteiger partial charge in [-0.15, -0.1) is 11.3 Å². The predicted octanol–water partition coefficient (Wildman–Crippen LogP) is 3.35. The van der Waals surface area contributed by atoms with Crippen LogP contribution < -0.4 is 10.9 Å². The molecular formula is C17H18N2O2S. The van der Waals surface area contributed by atoms with Gasteiger partial charge in [0.2, 0.25) is 0 Å². The molecule has 0 atom stereocenters. The van der Waals surface area contributed by atoms with Gasteiger partial charge in [0.15, 0.2) is 0 Å². The van der Waals surface area contributed by atoms with E-state index in [1.54, 1.807) is 23.6 Å². The molecule has 5 heteroatoms. The number of rotatable bonds is 4. The maximum absolute atomic E-state index is 11.7. The molecule has 2 N–H and O–H groups in total. The highest BCUT2D eigenvalue weighted by Gasteiger charge is 2.06. The van der Waals surface area contributed by atoms with Crippen LogP contribution in [0.15, 0.2) is 47.9 Å². The molecule has 0 bridgehead atoms. The average molecular weight is 314 g/mol. The fraction of sp³-hybridized carbons (Fsp3) is 0.176. The third-order valence-corrected chi connectivity index (χ3v) is 3.94. The molecule has 0 aliphatic heterocycles. The van der Waals surface area contributed by atoms with Crippen LogP contribution in [-0.4, -0.2) is 11.8 Å². The van der Waals surface area contributed by atoms with E-state index in [0.717, 1.165) is 5.56 Å². The molecular weight excluding hydrogens is 296 g/mol. The van der Waals surface area contributed by atoms with Crippen molar-refractivity contribution in [2.24, 2.45) is 0 Å². The second-order valence-corrected chi connectivity index (χ2v) is 6.02. The van der Waals surface area contributed by atoms with Gasteiger partial charge in [-0.25, -0.2) is 0 Å². The van der Waals surface area contributed by atoms with Gasteiger partial charge in [-0.2, -0.15) is 0 Å². The standard InChI is InChI=1S/C17H18N2O2S/c1-12(2)14-8-5-13(6-9-14)7-10-16(20)18-19-17(21)15-4-3-11-22-15/h3-12H,1-2H3,(H,18,20)(H,19,21). The zero-order valence-electron chi connectivity index (χ0n) is 12.5. The number of nitrogens with one attached hydrogen (secondary N) is 2. The Balaban J connectivity index is 1.84. The number of amides is 2. The van der Waals surface area contributed by atoms with Crippen LogP contribution >= 0.6 is 11.3 Å². The van der Waals surface area contributed by atoms with Crippen LogP contribution in [0.5, 0.6) is 0 Å². The monoisotopic (exact) mass is 314 g/mol. The predicted molar refractivity (Wildman–Crippen MR) is 89.5 cm³/mol. The Morgan fingerprint density at radius 2 is 1.82 bits per heavy atom. The van der Waals surface area contributed by atoms with E-state index in [0.29, 0.717) is 10.8 Å². The quantitative estimate of drug-likeness (QED) is 0.671. The first-order valence-corrected chi connectivity index (χ1v) is 7.86. The molecule has 1 aromatic heterocycles. The molecule has 4 nitrogen and oxygen atoms in total. The average Bonchev–Trinajstić information content (AvgIpc) is 3.05. The normalized spacial score (nSPS) is 10.9. The molecule has 2 amide bonds. The number of hydrogen-bond acceptors (Lipinski definition) is 3. The summed E-state index contributed by atoms with van der Waals surface area (Å²) in [5.74, 6) is -0.218. The molecule has 0 spiro atoms. The summed E-state index contributed by atoms with van der Waals surface area (Å²) in [5, 5.41) is 1.80. The molecule has 0 unspecified atom stereocenters. The number of carbonyl (C=O) groups is 2. The van der Waals surface area contributed by atoms with Crippen molar-refractivity contribution in [3.05, 3.63) is 63.9 Å². The first-order valence-electron chi connectivity index (χ1n) is 6.98. The lowest BCUT2D eigenvalue weighted by molar-refractivity contribution is -0.117. The summed E-state index contributed by atoms with van der Waals surface area (Å²) in [7, 11) is 0. The Kier molecular flexibility index (Phi) is 5.49. The summed E-state index contributed by atoms with van der Waals surface area (Å²) in [6.45, 7) is 4.27. The lowest BCUT2D eigenvalue weighted by Crippen LogP contribution is -2.40. The number of thiophene rings is 1. The van der Waals surface area contributed by atoms with Gasteiger partial charge in [0.25, 0.3) is 11.8 Å². The van der Waals surface area contributed by atoms with E-state index in [2.05, 4.69) is 24.7 Å². The van der Waals surface area contributed by atoms with Crippen molar-refractivity contribution in [2.75, 3.05) is 0 Å². The van der Waals surface area contributed by atoms with Crippen molar-refractivity contribution in [3.8, 4) is 0 Å². The molecule has 0 aliphatic carbocycles. The SMILES string of the molecule is CC(C)c1ccc(C=CC(=O)NNC(=O)c2cccs2)cc1. The fourth-order valence-electron chi connectivity index (χ4n) is 1.79. The molecule has 0 saturated heterocycles. The Morgan fingerprint density at radius 1 is 1.09 bits per heavy atom. The zero-order chi connectivity index (χ0) is 15.9. The smallest absolute Gasteiger partial charge is 0.268 e. The van der Waals surface area contributed by atoms with Crippen molar-refractivity contribution >= 4 is 29.2 Å². The van der Waals surface area contributed by atoms with Gasteiger partial charge in [-0.05, 0) is 34.6 Å². The summed E-state index contributed by atoms with van der Waals surface area (Å²) < 4.78 is 0. The van der Waals surface area contributed by atoms with E-state index >= 15 is 0 Å². The van der Waals surface area contributed by atoms with Gasteiger partial charge < -0.3 is 0 Å². The molecule has 0 saturated carbocycles. The maximum atomic E-state index is 11.7. The molecule has 1 heterocycles. The maximum Gasteiger partial charge on any atom is 0.279 e. The summed E-state index contributed by atoms with van der Waals surface area (Å²) in [4.78, 5) is 23.9. The van der Waals surface area contributed by atoms with Gasteiger partial charge in [0.1, 0.15) is 0 Å². The van der Waals surface area contributed by atoms with E-state index in [1.807, 2.05) is 24.3 Å². The van der Waals surface area contributed by atoms with Crippen molar-refractivity contribution < 1.29 is 9.59 Å². The minimum absolute atomic E-state index is 0.321. The summed E-state index contributed by atoms with van der Waals surface area (Å²) >= 11 is 1.32. The number of hydrogen-bond donors (Lipinski definition) is 2. The van der Waals surface area contributed by atoms with Gasteiger partial charge in [0.05, 0.1) is 4.88 Å². The van der Waals surface area contributed by atoms with E-state index in [4.69, 9.17) is 0 Å². The second kappa shape index (κ2) is 7.56. The molecule has 2 aromatic rings. The molecule has 0 radical (unpaired) electrons. The van der Waals surface area contributed by atoms with Gasteiger partial charge in [-0.1, -0.05) is 44.2 Å². The van der Waals surface area contributed by atoms with Crippen LogP contribution in [0.2, 0.25) is 0 Å². The van der Waals surface area contributed by atoms with E-state index in [1.165, 1.54) is 23.0 Å². The molecule has 0 fully saturated rings. The number of hydrazine groups is 1. The molecule has 2 rings (SSSR count). The Hall–Kier alpha value is -2.40. The van der Waals surface area contributed by atoms with Crippen LogP contribution in [0.1, 0.15) is 40.6 Å². The van der Waals surface area contributed by atoms with E-state index in [-0.39, 0.29) is 11.8 Å². The van der Waals surface area contributed by atoms with E-state index < -0.39 is 0 Å². The Bertz CT molecular complexity index is 658. The highest BCUT2D eigenvalue weighted by atomic mass is 32.1. The van der Waals surface area contributed by atoms with Crippen LogP contribution in [0.3, 0.4) is 0 Å². The second-order valence-electron chi connectivity index (χ2n) is 5.08. The topological polar surface area (TPSA) is 58.2 Å². The third kappa shape index (κ3) is 4.56. The van der Waals surface area contributed by atoms with Crippen LogP contribution in [0.4, 0.5) is 0 Å². The summed E-state index contributed by atoms with van der Waals surface area (Å²) in [6, 6.07) is 11.5. The van der Waals surface area contributed by atoms with Crippen molar-refractivity contribution in [2.45, 2.75) is 19.8 Å². The largest absolute Gasteiger partial charge is 0.279 e. The van der Waals surface area contributed by atoms with Crippen LogP contribution in [0, 0.1) is 0 Å². The third-order valence-electron chi connectivity index (χ3n) is 3.07. The fourth-order valence-corrected chi connectivity index (χ4v) is 2.41. The van der Waals surface area contributed by atoms with Gasteiger partial charge in [-0.3, -0.25) is 20.4 Å². The molecule has 114 valence electrons. The van der Waals surface area contributed by atoms with Crippen molar-refractivity contribution in [3.63, 3.8) is 0 Å². The van der Waals surface area contributed by atoms with Crippen LogP contribution in [0.25, 0.3) is 6.08 Å². The Morgan fingerprint density at radius 3 is 2.41 bits per heavy atom. The first-order chi connectivity index (χ1) is 10.6. The highest BCUT2D eigenvalue weighted by molar-refractivity contribution is 7.12. The van der Waals surface area contributed by atoms with E-state index in [9.17, 15) is 9.59 Å². The number of carbonyl (C=O) groups excluding carboxylic acids is 2. The first kappa shape index (κ1) is 16.0. The van der Waals surface area contributed by atoms with Crippen molar-refractivity contribution in [1.82, 2.24) is 10.9 Å². The lowest BCUT2D eigenvalue weighted by Gasteiger charge is -2.05. The minimum Gasteiger partial charge on any atom is -0.268 e. The molecule has 22 heavy (non-hydrogen) atoms. The van der Waals surface area contributed by atoms with Crippen LogP contribution in [-0.2, 0) is 4.79 Å². The minimum atomic E-state index is -0.377.